The number of carbonyl (C=O) groups excluding carboxylic acids is 1. The zero-order chi connectivity index (χ0) is 14.2. The normalized spacial score (nSPS) is 26.1. The minimum atomic E-state index is 0. The van der Waals surface area contributed by atoms with E-state index in [9.17, 15) is 4.79 Å². The lowest BCUT2D eigenvalue weighted by molar-refractivity contribution is 0.0737. The second-order valence-electron chi connectivity index (χ2n) is 6.01. The van der Waals surface area contributed by atoms with Crippen molar-refractivity contribution in [2.45, 2.75) is 31.3 Å². The number of benzene rings is 1. The molecular formula is C16H21ClN2O3. The molecule has 0 spiro atoms. The highest BCUT2D eigenvalue weighted by molar-refractivity contribution is 5.98. The highest BCUT2D eigenvalue weighted by Crippen LogP contribution is 2.34. The van der Waals surface area contributed by atoms with Crippen LogP contribution in [0.3, 0.4) is 0 Å². The number of hydrogen-bond acceptors (Lipinski definition) is 4. The van der Waals surface area contributed by atoms with Crippen molar-refractivity contribution < 1.29 is 14.3 Å². The lowest BCUT2D eigenvalue weighted by Gasteiger charge is -2.27. The first-order valence-electron chi connectivity index (χ1n) is 7.75. The molecule has 6 heteroatoms. The minimum Gasteiger partial charge on any atom is -0.486 e. The molecule has 0 saturated carbocycles. The highest BCUT2D eigenvalue weighted by atomic mass is 35.5. The number of ether oxygens (including phenoxy) is 2. The molecule has 4 rings (SSSR count). The average molecular weight is 325 g/mol. The maximum atomic E-state index is 12.9. The van der Waals surface area contributed by atoms with E-state index >= 15 is 0 Å². The number of amides is 1. The van der Waals surface area contributed by atoms with Gasteiger partial charge >= 0.3 is 0 Å². The predicted octanol–water partition coefficient (Wildman–Crippen LogP) is 1.85. The summed E-state index contributed by atoms with van der Waals surface area (Å²) in [7, 11) is 0. The molecule has 2 bridgehead atoms. The van der Waals surface area contributed by atoms with Gasteiger partial charge in [-0.1, -0.05) is 6.07 Å². The van der Waals surface area contributed by atoms with Crippen LogP contribution in [-0.4, -0.2) is 49.2 Å². The van der Waals surface area contributed by atoms with Gasteiger partial charge in [0, 0.05) is 25.2 Å². The van der Waals surface area contributed by atoms with Crippen molar-refractivity contribution in [3.05, 3.63) is 23.8 Å². The van der Waals surface area contributed by atoms with Gasteiger partial charge in [-0.05, 0) is 31.4 Å². The van der Waals surface area contributed by atoms with Crippen LogP contribution in [0.4, 0.5) is 0 Å². The van der Waals surface area contributed by atoms with Gasteiger partial charge in [0.25, 0.3) is 5.91 Å². The van der Waals surface area contributed by atoms with E-state index < -0.39 is 0 Å². The van der Waals surface area contributed by atoms with Gasteiger partial charge in [0.05, 0.1) is 5.56 Å². The van der Waals surface area contributed by atoms with Crippen molar-refractivity contribution in [3.63, 3.8) is 0 Å². The molecule has 0 aromatic heterocycles. The molecule has 3 heterocycles. The molecule has 0 aliphatic carbocycles. The second kappa shape index (κ2) is 6.34. The number of rotatable bonds is 1. The van der Waals surface area contributed by atoms with Crippen LogP contribution >= 0.6 is 12.4 Å². The van der Waals surface area contributed by atoms with Gasteiger partial charge in [-0.15, -0.1) is 12.4 Å². The van der Waals surface area contributed by atoms with E-state index in [2.05, 4.69) is 5.32 Å². The van der Waals surface area contributed by atoms with E-state index in [1.165, 1.54) is 12.8 Å². The van der Waals surface area contributed by atoms with Crippen molar-refractivity contribution in [1.29, 1.82) is 0 Å². The summed E-state index contributed by atoms with van der Waals surface area (Å²) in [5.74, 6) is 1.35. The van der Waals surface area contributed by atoms with Gasteiger partial charge in [-0.25, -0.2) is 0 Å². The molecule has 1 aromatic rings. The molecule has 5 nitrogen and oxygen atoms in total. The Morgan fingerprint density at radius 3 is 2.86 bits per heavy atom. The predicted molar refractivity (Wildman–Crippen MR) is 85.1 cm³/mol. The Morgan fingerprint density at radius 2 is 1.95 bits per heavy atom. The van der Waals surface area contributed by atoms with Gasteiger partial charge in [-0.3, -0.25) is 4.79 Å². The molecule has 2 saturated heterocycles. The summed E-state index contributed by atoms with van der Waals surface area (Å²) in [5.41, 5.74) is 0.630. The fraction of sp³-hybridized carbons (Fsp3) is 0.562. The van der Waals surface area contributed by atoms with Crippen LogP contribution in [0.1, 0.15) is 29.6 Å². The maximum absolute atomic E-state index is 12.9. The topological polar surface area (TPSA) is 50.8 Å². The quantitative estimate of drug-likeness (QED) is 0.856. The standard InChI is InChI=1S/C16H20N2O3.ClH/c19-16(18-7-6-11-4-5-12(10-18)17-11)13-2-1-3-14-15(13)21-9-8-20-14;/h1-3,11-12,17H,4-10H2;1H/t11-,12+;/m1./s1. The molecular weight excluding hydrogens is 304 g/mol. The molecule has 2 fully saturated rings. The number of para-hydroxylation sites is 1. The maximum Gasteiger partial charge on any atom is 0.257 e. The summed E-state index contributed by atoms with van der Waals surface area (Å²) in [6, 6.07) is 6.59. The van der Waals surface area contributed by atoms with Crippen LogP contribution in [0.15, 0.2) is 18.2 Å². The van der Waals surface area contributed by atoms with Gasteiger partial charge in [0.15, 0.2) is 11.5 Å². The summed E-state index contributed by atoms with van der Waals surface area (Å²) in [4.78, 5) is 14.8. The van der Waals surface area contributed by atoms with Crippen molar-refractivity contribution >= 4 is 18.3 Å². The third-order valence-electron chi connectivity index (χ3n) is 4.61. The third-order valence-corrected chi connectivity index (χ3v) is 4.61. The van der Waals surface area contributed by atoms with Crippen LogP contribution in [0.5, 0.6) is 11.5 Å². The van der Waals surface area contributed by atoms with Crippen molar-refractivity contribution in [1.82, 2.24) is 10.2 Å². The summed E-state index contributed by atoms with van der Waals surface area (Å²) < 4.78 is 11.2. The fourth-order valence-electron chi connectivity index (χ4n) is 3.54. The summed E-state index contributed by atoms with van der Waals surface area (Å²) >= 11 is 0. The number of fused-ring (bicyclic) bond motifs is 3. The molecule has 22 heavy (non-hydrogen) atoms. The largest absolute Gasteiger partial charge is 0.486 e. The summed E-state index contributed by atoms with van der Waals surface area (Å²) in [6.45, 7) is 2.66. The molecule has 0 unspecified atom stereocenters. The second-order valence-corrected chi connectivity index (χ2v) is 6.01. The molecule has 1 amide bonds. The van der Waals surface area contributed by atoms with Crippen LogP contribution < -0.4 is 14.8 Å². The molecule has 0 radical (unpaired) electrons. The van der Waals surface area contributed by atoms with Crippen LogP contribution in [-0.2, 0) is 0 Å². The van der Waals surface area contributed by atoms with E-state index in [0.29, 0.717) is 42.4 Å². The van der Waals surface area contributed by atoms with Gasteiger partial charge < -0.3 is 19.7 Å². The smallest absolute Gasteiger partial charge is 0.257 e. The number of nitrogens with zero attached hydrogens (tertiary/aromatic N) is 1. The van der Waals surface area contributed by atoms with Crippen molar-refractivity contribution in [2.24, 2.45) is 0 Å². The first kappa shape index (κ1) is 15.4. The monoisotopic (exact) mass is 324 g/mol. The lowest BCUT2D eigenvalue weighted by atomic mass is 10.1. The Kier molecular flexibility index (Phi) is 4.45. The number of halogens is 1. The summed E-state index contributed by atoms with van der Waals surface area (Å²) in [5, 5.41) is 3.60. The van der Waals surface area contributed by atoms with Gasteiger partial charge in [0.1, 0.15) is 13.2 Å². The van der Waals surface area contributed by atoms with Crippen LogP contribution in [0.25, 0.3) is 0 Å². The number of hydrogen-bond donors (Lipinski definition) is 1. The van der Waals surface area contributed by atoms with Gasteiger partial charge in [-0.2, -0.15) is 0 Å². The van der Waals surface area contributed by atoms with Crippen molar-refractivity contribution in [2.75, 3.05) is 26.3 Å². The Bertz CT molecular complexity index is 566. The zero-order valence-electron chi connectivity index (χ0n) is 12.4. The molecule has 3 aliphatic heterocycles. The first-order valence-corrected chi connectivity index (χ1v) is 7.75. The number of nitrogens with one attached hydrogen (secondary N) is 1. The summed E-state index contributed by atoms with van der Waals surface area (Å²) in [6.07, 6.45) is 3.44. The average Bonchev–Trinajstić information content (AvgIpc) is 2.85. The fourth-order valence-corrected chi connectivity index (χ4v) is 3.54. The lowest BCUT2D eigenvalue weighted by Crippen LogP contribution is -2.39. The molecule has 120 valence electrons. The van der Waals surface area contributed by atoms with E-state index in [4.69, 9.17) is 9.47 Å². The molecule has 2 atom stereocenters. The third kappa shape index (κ3) is 2.75. The Labute approximate surface area is 136 Å². The molecule has 3 aliphatic rings. The van der Waals surface area contributed by atoms with Crippen molar-refractivity contribution in [3.8, 4) is 11.5 Å². The van der Waals surface area contributed by atoms with Crippen LogP contribution in [0, 0.1) is 0 Å². The van der Waals surface area contributed by atoms with E-state index in [0.717, 1.165) is 19.5 Å². The Morgan fingerprint density at radius 1 is 1.14 bits per heavy atom. The Hall–Kier alpha value is -1.46. The SMILES string of the molecule is Cl.O=C(c1cccc2c1OCCO2)N1CC[C@H]2CC[C@@H](C1)N2. The molecule has 1 N–H and O–H groups in total. The minimum absolute atomic E-state index is 0. The van der Waals surface area contributed by atoms with E-state index in [1.54, 1.807) is 0 Å². The molecule has 1 aromatic carbocycles. The van der Waals surface area contributed by atoms with Crippen LogP contribution in [0.2, 0.25) is 0 Å². The van der Waals surface area contributed by atoms with E-state index in [-0.39, 0.29) is 18.3 Å². The number of carbonyl (C=O) groups is 1. The zero-order valence-corrected chi connectivity index (χ0v) is 13.2. The van der Waals surface area contributed by atoms with Gasteiger partial charge in [0.2, 0.25) is 0 Å². The first-order chi connectivity index (χ1) is 10.3. The number of likely N-dealkylation sites (tertiary alicyclic amines) is 1. The Balaban J connectivity index is 0.00000144. The highest BCUT2D eigenvalue weighted by Gasteiger charge is 2.33. The van der Waals surface area contributed by atoms with E-state index in [1.807, 2.05) is 23.1 Å².